The molecule has 10 heteroatoms. The Morgan fingerprint density at radius 2 is 1.91 bits per heavy atom. The van der Waals surface area contributed by atoms with Crippen LogP contribution in [-0.2, 0) is 20.9 Å². The second kappa shape index (κ2) is 9.15. The lowest BCUT2D eigenvalue weighted by molar-refractivity contribution is -0.162. The number of likely N-dealkylation sites (N-methyl/N-ethyl adjacent to an activating group) is 1. The first kappa shape index (κ1) is 21.4. The summed E-state index contributed by atoms with van der Waals surface area (Å²) >= 11 is 0. The third-order valence-corrected chi connectivity index (χ3v) is 5.30. The minimum Gasteiger partial charge on any atom is -0.497 e. The summed E-state index contributed by atoms with van der Waals surface area (Å²) in [6, 6.07) is 12.1. The highest BCUT2D eigenvalue weighted by atomic mass is 19.1. The lowest BCUT2D eigenvalue weighted by atomic mass is 9.97. The predicted octanol–water partition coefficient (Wildman–Crippen LogP) is 2.10. The van der Waals surface area contributed by atoms with Gasteiger partial charge >= 0.3 is 0 Å². The van der Waals surface area contributed by atoms with Gasteiger partial charge in [-0.15, -0.1) is 0 Å². The first-order valence-corrected chi connectivity index (χ1v) is 9.84. The van der Waals surface area contributed by atoms with Crippen LogP contribution in [0.4, 0.5) is 4.39 Å². The molecule has 2 heterocycles. The number of amides is 2. The van der Waals surface area contributed by atoms with Crippen molar-refractivity contribution in [1.29, 1.82) is 0 Å². The monoisotopic (exact) mass is 440 g/mol. The fourth-order valence-corrected chi connectivity index (χ4v) is 3.55. The number of carbonyl (C=O) groups excluding carboxylic acids is 2. The van der Waals surface area contributed by atoms with Crippen LogP contribution >= 0.6 is 0 Å². The van der Waals surface area contributed by atoms with Crippen LogP contribution in [0.3, 0.4) is 0 Å². The number of hydrogen-bond donors (Lipinski definition) is 1. The van der Waals surface area contributed by atoms with Crippen LogP contribution in [0.1, 0.15) is 17.3 Å². The third kappa shape index (κ3) is 4.30. The van der Waals surface area contributed by atoms with Crippen molar-refractivity contribution in [3.05, 3.63) is 65.6 Å². The fourth-order valence-electron chi connectivity index (χ4n) is 3.55. The van der Waals surface area contributed by atoms with Crippen LogP contribution in [0.25, 0.3) is 11.3 Å². The molecular weight excluding hydrogens is 419 g/mol. The van der Waals surface area contributed by atoms with E-state index in [-0.39, 0.29) is 19.1 Å². The lowest BCUT2D eigenvalue weighted by Gasteiger charge is -2.38. The van der Waals surface area contributed by atoms with Crippen molar-refractivity contribution < 1.29 is 28.1 Å². The summed E-state index contributed by atoms with van der Waals surface area (Å²) in [6.07, 6.45) is -0.979. The number of ether oxygens (including phenoxy) is 2. The molecule has 3 aromatic rings. The smallest absolute Gasteiger partial charge is 0.252 e. The van der Waals surface area contributed by atoms with Crippen LogP contribution in [0.2, 0.25) is 0 Å². The van der Waals surface area contributed by atoms with E-state index in [1.165, 1.54) is 29.2 Å². The van der Waals surface area contributed by atoms with Crippen LogP contribution in [0, 0.1) is 5.82 Å². The highest BCUT2D eigenvalue weighted by Gasteiger charge is 2.40. The number of aromatic nitrogens is 2. The first-order chi connectivity index (χ1) is 15.5. The Bertz CT molecular complexity index is 1100. The van der Waals surface area contributed by atoms with E-state index in [9.17, 15) is 14.0 Å². The van der Waals surface area contributed by atoms with Crippen molar-refractivity contribution in [2.75, 3.05) is 20.8 Å². The van der Waals surface area contributed by atoms with Crippen LogP contribution < -0.4 is 10.1 Å². The third-order valence-electron chi connectivity index (χ3n) is 5.30. The number of benzene rings is 2. The molecule has 32 heavy (non-hydrogen) atoms. The zero-order valence-corrected chi connectivity index (χ0v) is 17.4. The second-order valence-corrected chi connectivity index (χ2v) is 7.24. The van der Waals surface area contributed by atoms with E-state index < -0.39 is 23.9 Å². The van der Waals surface area contributed by atoms with Gasteiger partial charge in [-0.3, -0.25) is 9.59 Å². The summed E-state index contributed by atoms with van der Waals surface area (Å²) in [5, 5.41) is 10.6. The van der Waals surface area contributed by atoms with Crippen LogP contribution in [0.15, 0.2) is 53.2 Å². The number of rotatable bonds is 6. The van der Waals surface area contributed by atoms with Gasteiger partial charge in [-0.2, -0.15) is 0 Å². The lowest BCUT2D eigenvalue weighted by Crippen LogP contribution is -2.52. The van der Waals surface area contributed by atoms with Crippen molar-refractivity contribution in [1.82, 2.24) is 20.5 Å². The molecule has 2 amide bonds. The summed E-state index contributed by atoms with van der Waals surface area (Å²) in [4.78, 5) is 26.6. The molecule has 1 N–H and O–H groups in total. The normalized spacial score (nSPS) is 18.5. The predicted molar refractivity (Wildman–Crippen MR) is 110 cm³/mol. The van der Waals surface area contributed by atoms with E-state index in [2.05, 4.69) is 15.6 Å². The molecule has 1 fully saturated rings. The molecule has 0 bridgehead atoms. The van der Waals surface area contributed by atoms with Crippen molar-refractivity contribution in [3.63, 3.8) is 0 Å². The van der Waals surface area contributed by atoms with Crippen LogP contribution in [-0.4, -0.2) is 53.9 Å². The maximum atomic E-state index is 13.4. The van der Waals surface area contributed by atoms with Gasteiger partial charge in [0.05, 0.1) is 19.7 Å². The number of halogens is 1. The summed E-state index contributed by atoms with van der Waals surface area (Å²) in [6.45, 7) is -0.188. The zero-order valence-electron chi connectivity index (χ0n) is 17.4. The van der Waals surface area contributed by atoms with Crippen molar-refractivity contribution >= 4 is 11.8 Å². The van der Waals surface area contributed by atoms with Gasteiger partial charge in [0.15, 0.2) is 6.10 Å². The maximum absolute atomic E-state index is 13.4. The molecule has 1 aromatic heterocycles. The average molecular weight is 440 g/mol. The van der Waals surface area contributed by atoms with E-state index in [1.54, 1.807) is 38.4 Å². The Morgan fingerprint density at radius 3 is 2.59 bits per heavy atom. The van der Waals surface area contributed by atoms with Gasteiger partial charge < -0.3 is 19.7 Å². The Balaban J connectivity index is 1.50. The molecule has 1 aliphatic rings. The number of morpholine rings is 1. The summed E-state index contributed by atoms with van der Waals surface area (Å²) < 4.78 is 28.9. The van der Waals surface area contributed by atoms with Crippen molar-refractivity contribution in [3.8, 4) is 17.0 Å². The molecular formula is C22H21FN4O5. The Kier molecular flexibility index (Phi) is 6.13. The van der Waals surface area contributed by atoms with Crippen molar-refractivity contribution in [2.24, 2.45) is 0 Å². The van der Waals surface area contributed by atoms with Gasteiger partial charge in [0.2, 0.25) is 5.91 Å². The van der Waals surface area contributed by atoms with Gasteiger partial charge in [-0.25, -0.2) is 9.02 Å². The Morgan fingerprint density at radius 1 is 1.19 bits per heavy atom. The minimum atomic E-state index is -0.979. The van der Waals surface area contributed by atoms with Gasteiger partial charge in [0, 0.05) is 12.6 Å². The standard InChI is InChI=1S/C22H21FN4O5/c1-27-18(28)12-31-21(20(27)14-3-7-15(23)8-4-14)22(29)24-11-17-19(26-32-25-17)13-5-9-16(30-2)10-6-13/h3-10,20-21H,11-12H2,1-2H3,(H,24,29). The highest BCUT2D eigenvalue weighted by Crippen LogP contribution is 2.30. The van der Waals surface area contributed by atoms with E-state index >= 15 is 0 Å². The molecule has 0 radical (unpaired) electrons. The summed E-state index contributed by atoms with van der Waals surface area (Å²) in [7, 11) is 3.16. The van der Waals surface area contributed by atoms with Gasteiger partial charge in [0.25, 0.3) is 5.91 Å². The molecule has 166 valence electrons. The molecule has 1 saturated heterocycles. The Hall–Kier alpha value is -3.79. The molecule has 0 saturated carbocycles. The van der Waals surface area contributed by atoms with E-state index in [0.717, 1.165) is 5.56 Å². The Labute approximate surface area is 183 Å². The molecule has 1 aliphatic heterocycles. The number of nitrogens with zero attached hydrogens (tertiary/aromatic N) is 3. The summed E-state index contributed by atoms with van der Waals surface area (Å²) in [5.41, 5.74) is 2.26. The van der Waals surface area contributed by atoms with Gasteiger partial charge in [0.1, 0.15) is 29.6 Å². The fraction of sp³-hybridized carbons (Fsp3) is 0.273. The number of nitrogens with one attached hydrogen (secondary N) is 1. The quantitative estimate of drug-likeness (QED) is 0.626. The topological polar surface area (TPSA) is 107 Å². The maximum Gasteiger partial charge on any atom is 0.252 e. The van der Waals surface area contributed by atoms with E-state index in [0.29, 0.717) is 22.7 Å². The van der Waals surface area contributed by atoms with E-state index in [4.69, 9.17) is 14.1 Å². The zero-order chi connectivity index (χ0) is 22.7. The van der Waals surface area contributed by atoms with Gasteiger partial charge in [-0.1, -0.05) is 17.3 Å². The SMILES string of the molecule is COc1ccc(-c2nonc2CNC(=O)C2OCC(=O)N(C)C2c2ccc(F)cc2)cc1. The molecule has 2 atom stereocenters. The van der Waals surface area contributed by atoms with Gasteiger partial charge in [-0.05, 0) is 47.1 Å². The minimum absolute atomic E-state index is 0.0390. The number of carbonyl (C=O) groups is 2. The highest BCUT2D eigenvalue weighted by molar-refractivity contribution is 5.86. The first-order valence-electron chi connectivity index (χ1n) is 9.84. The summed E-state index contributed by atoms with van der Waals surface area (Å²) in [5.74, 6) is -0.432. The molecule has 2 aromatic carbocycles. The molecule has 4 rings (SSSR count). The molecule has 0 aliphatic carbocycles. The molecule has 0 spiro atoms. The number of methoxy groups -OCH3 is 1. The van der Waals surface area contributed by atoms with Crippen molar-refractivity contribution in [2.45, 2.75) is 18.7 Å². The van der Waals surface area contributed by atoms with Crippen LogP contribution in [0.5, 0.6) is 5.75 Å². The number of hydrogen-bond acceptors (Lipinski definition) is 7. The molecule has 2 unspecified atom stereocenters. The second-order valence-electron chi connectivity index (χ2n) is 7.24. The largest absolute Gasteiger partial charge is 0.497 e. The molecule has 9 nitrogen and oxygen atoms in total. The van der Waals surface area contributed by atoms with E-state index in [1.807, 2.05) is 0 Å². The average Bonchev–Trinajstić information content (AvgIpc) is 3.28.